The molecular weight excluding hydrogens is 408 g/mol. The zero-order valence-corrected chi connectivity index (χ0v) is 19.6. The molecule has 4 unspecified atom stereocenters. The molecule has 0 saturated carbocycles. The lowest BCUT2D eigenvalue weighted by atomic mass is 9.87. The Morgan fingerprint density at radius 1 is 0.938 bits per heavy atom. The molecule has 0 spiro atoms. The first-order valence-electron chi connectivity index (χ1n) is 11.5. The fourth-order valence-electron chi connectivity index (χ4n) is 4.17. The molecule has 5 rings (SSSR count). The SMILES string of the molecule is CC1OOC1(C)c1ccc2c(c1)CCCO2.CCCc1cc(C2(C)OOC2C)ccc1[O-]. The van der Waals surface area contributed by atoms with E-state index < -0.39 is 5.60 Å². The summed E-state index contributed by atoms with van der Waals surface area (Å²) in [7, 11) is 0. The van der Waals surface area contributed by atoms with Gasteiger partial charge < -0.3 is 9.84 Å². The number of aryl methyl sites for hydroxylation is 2. The Labute approximate surface area is 190 Å². The van der Waals surface area contributed by atoms with Crippen molar-refractivity contribution in [2.24, 2.45) is 0 Å². The van der Waals surface area contributed by atoms with Gasteiger partial charge in [-0.1, -0.05) is 43.2 Å². The van der Waals surface area contributed by atoms with Crippen LogP contribution in [-0.4, -0.2) is 18.8 Å². The van der Waals surface area contributed by atoms with E-state index in [1.54, 1.807) is 6.07 Å². The van der Waals surface area contributed by atoms with Crippen LogP contribution in [0.3, 0.4) is 0 Å². The molecular formula is C26H33O6-. The third-order valence-corrected chi connectivity index (χ3v) is 6.92. The summed E-state index contributed by atoms with van der Waals surface area (Å²) in [6.45, 7) is 10.9. The van der Waals surface area contributed by atoms with Crippen LogP contribution in [0, 0.1) is 0 Å². The van der Waals surface area contributed by atoms with Gasteiger partial charge in [0.15, 0.2) is 11.2 Å². The summed E-state index contributed by atoms with van der Waals surface area (Å²) >= 11 is 0. The first-order valence-corrected chi connectivity index (χ1v) is 11.5. The first kappa shape index (κ1) is 23.1. The van der Waals surface area contributed by atoms with Crippen LogP contribution in [0.5, 0.6) is 11.5 Å². The normalized spacial score (nSPS) is 30.7. The lowest BCUT2D eigenvalue weighted by Crippen LogP contribution is -2.49. The molecule has 3 aliphatic heterocycles. The summed E-state index contributed by atoms with van der Waals surface area (Å²) in [4.78, 5) is 20.4. The van der Waals surface area contributed by atoms with Crippen LogP contribution in [0.1, 0.15) is 69.7 Å². The van der Waals surface area contributed by atoms with Gasteiger partial charge in [0.25, 0.3) is 0 Å². The fourth-order valence-corrected chi connectivity index (χ4v) is 4.17. The van der Waals surface area contributed by atoms with E-state index in [1.807, 2.05) is 39.0 Å². The molecule has 2 aromatic rings. The van der Waals surface area contributed by atoms with Crippen molar-refractivity contribution in [1.82, 2.24) is 0 Å². The van der Waals surface area contributed by atoms with Gasteiger partial charge >= 0.3 is 0 Å². The number of rotatable bonds is 4. The summed E-state index contributed by atoms with van der Waals surface area (Å²) in [5, 5.41) is 11.6. The molecule has 3 aliphatic rings. The summed E-state index contributed by atoms with van der Waals surface area (Å²) in [6.07, 6.45) is 4.11. The van der Waals surface area contributed by atoms with Gasteiger partial charge in [0.2, 0.25) is 0 Å². The monoisotopic (exact) mass is 441 g/mol. The van der Waals surface area contributed by atoms with Crippen LogP contribution in [0.2, 0.25) is 0 Å². The second-order valence-electron chi connectivity index (χ2n) is 9.20. The maximum atomic E-state index is 11.6. The quantitative estimate of drug-likeness (QED) is 0.632. The van der Waals surface area contributed by atoms with E-state index >= 15 is 0 Å². The predicted molar refractivity (Wildman–Crippen MR) is 118 cm³/mol. The van der Waals surface area contributed by atoms with Gasteiger partial charge in [0.05, 0.1) is 6.61 Å². The van der Waals surface area contributed by atoms with E-state index in [2.05, 4.69) is 26.0 Å². The van der Waals surface area contributed by atoms with Gasteiger partial charge in [-0.3, -0.25) is 0 Å². The molecule has 0 N–H and O–H groups in total. The molecule has 174 valence electrons. The lowest BCUT2D eigenvalue weighted by molar-refractivity contribution is -0.509. The molecule has 0 amide bonds. The van der Waals surface area contributed by atoms with Crippen LogP contribution >= 0.6 is 0 Å². The average Bonchev–Trinajstić information content (AvgIpc) is 2.82. The van der Waals surface area contributed by atoms with Crippen LogP contribution in [-0.2, 0) is 43.6 Å². The van der Waals surface area contributed by atoms with Gasteiger partial charge in [0.1, 0.15) is 18.0 Å². The zero-order chi connectivity index (χ0) is 22.9. The highest BCUT2D eigenvalue weighted by atomic mass is 17.3. The Kier molecular flexibility index (Phi) is 6.50. The van der Waals surface area contributed by atoms with Crippen LogP contribution in [0.4, 0.5) is 0 Å². The van der Waals surface area contributed by atoms with Crippen molar-refractivity contribution in [2.45, 2.75) is 83.7 Å². The predicted octanol–water partition coefficient (Wildman–Crippen LogP) is 4.86. The van der Waals surface area contributed by atoms with Crippen LogP contribution in [0.25, 0.3) is 0 Å². The Morgan fingerprint density at radius 3 is 2.12 bits per heavy atom. The van der Waals surface area contributed by atoms with Crippen LogP contribution < -0.4 is 9.84 Å². The van der Waals surface area contributed by atoms with E-state index in [4.69, 9.17) is 24.3 Å². The summed E-state index contributed by atoms with van der Waals surface area (Å²) in [5.74, 6) is 1.13. The first-order chi connectivity index (χ1) is 15.3. The van der Waals surface area contributed by atoms with Crippen molar-refractivity contribution < 1.29 is 29.4 Å². The Bertz CT molecular complexity index is 959. The Hall–Kier alpha value is -2.12. The van der Waals surface area contributed by atoms with E-state index in [-0.39, 0.29) is 23.6 Å². The van der Waals surface area contributed by atoms with Gasteiger partial charge in [-0.2, -0.15) is 0 Å². The van der Waals surface area contributed by atoms with Crippen molar-refractivity contribution in [3.63, 3.8) is 0 Å². The highest BCUT2D eigenvalue weighted by Gasteiger charge is 2.47. The average molecular weight is 442 g/mol. The van der Waals surface area contributed by atoms with Gasteiger partial charge in [-0.25, -0.2) is 19.6 Å². The maximum Gasteiger partial charge on any atom is 0.154 e. The summed E-state index contributed by atoms with van der Waals surface area (Å²) in [5.41, 5.74) is 3.64. The molecule has 4 atom stereocenters. The third-order valence-electron chi connectivity index (χ3n) is 6.92. The number of benzene rings is 2. The molecule has 2 saturated heterocycles. The minimum Gasteiger partial charge on any atom is -0.872 e. The second-order valence-corrected chi connectivity index (χ2v) is 9.20. The minimum absolute atomic E-state index is 0.0273. The summed E-state index contributed by atoms with van der Waals surface area (Å²) < 4.78 is 5.60. The lowest BCUT2D eigenvalue weighted by Gasteiger charge is -2.43. The molecule has 6 nitrogen and oxygen atoms in total. The van der Waals surface area contributed by atoms with E-state index in [9.17, 15) is 5.11 Å². The zero-order valence-electron chi connectivity index (χ0n) is 19.6. The minimum atomic E-state index is -0.407. The smallest absolute Gasteiger partial charge is 0.154 e. The Morgan fingerprint density at radius 2 is 1.56 bits per heavy atom. The topological polar surface area (TPSA) is 69.2 Å². The fraction of sp³-hybridized carbons (Fsp3) is 0.538. The number of fused-ring (bicyclic) bond motifs is 1. The molecule has 0 aliphatic carbocycles. The van der Waals surface area contributed by atoms with Gasteiger partial charge in [0, 0.05) is 0 Å². The van der Waals surface area contributed by atoms with Gasteiger partial charge in [-0.15, -0.1) is 5.75 Å². The van der Waals surface area contributed by atoms with E-state index in [0.717, 1.165) is 49.2 Å². The van der Waals surface area contributed by atoms with Crippen molar-refractivity contribution >= 4 is 0 Å². The standard InChI is InChI=1S/C13H16O3.C13H18O3/c1-9-13(2,16-15-9)11-5-6-12-10(8-11)4-3-7-14-12;1-4-5-10-8-11(6-7-12(10)14)13(3)9(2)15-16-13/h5-6,8-9H,3-4,7H2,1-2H3;6-9,14H,4-5H2,1-3H3/p-1. The van der Waals surface area contributed by atoms with Crippen LogP contribution in [0.15, 0.2) is 36.4 Å². The third kappa shape index (κ3) is 4.13. The Balaban J connectivity index is 0.000000153. The van der Waals surface area contributed by atoms with E-state index in [1.165, 1.54) is 11.1 Å². The highest BCUT2D eigenvalue weighted by Crippen LogP contribution is 2.42. The maximum absolute atomic E-state index is 11.6. The number of ether oxygens (including phenoxy) is 1. The number of hydrogen-bond donors (Lipinski definition) is 0. The molecule has 0 bridgehead atoms. The van der Waals surface area contributed by atoms with Gasteiger partial charge in [-0.05, 0) is 75.8 Å². The van der Waals surface area contributed by atoms with Crippen molar-refractivity contribution in [3.8, 4) is 11.5 Å². The molecule has 0 radical (unpaired) electrons. The van der Waals surface area contributed by atoms with Crippen molar-refractivity contribution in [2.75, 3.05) is 6.61 Å². The highest BCUT2D eigenvalue weighted by molar-refractivity contribution is 5.41. The summed E-state index contributed by atoms with van der Waals surface area (Å²) in [6, 6.07) is 11.7. The molecule has 32 heavy (non-hydrogen) atoms. The van der Waals surface area contributed by atoms with E-state index in [0.29, 0.717) is 0 Å². The molecule has 2 fully saturated rings. The van der Waals surface area contributed by atoms with Crippen molar-refractivity contribution in [3.05, 3.63) is 58.7 Å². The molecule has 0 aromatic heterocycles. The molecule has 2 aromatic carbocycles. The molecule has 3 heterocycles. The molecule has 6 heteroatoms. The van der Waals surface area contributed by atoms with Crippen molar-refractivity contribution in [1.29, 1.82) is 0 Å². The number of hydrogen-bond acceptors (Lipinski definition) is 6. The largest absolute Gasteiger partial charge is 0.872 e. The second kappa shape index (κ2) is 9.02.